The Morgan fingerprint density at radius 1 is 1.38 bits per heavy atom. The lowest BCUT2D eigenvalue weighted by Crippen LogP contribution is -2.47. The highest BCUT2D eigenvalue weighted by Gasteiger charge is 2.41. The Labute approximate surface area is 154 Å². The Morgan fingerprint density at radius 3 is 2.50 bits per heavy atom. The number of hydrazone groups is 1. The van der Waals surface area contributed by atoms with Crippen LogP contribution in [0.4, 0.5) is 4.79 Å². The van der Waals surface area contributed by atoms with Gasteiger partial charge in [0.1, 0.15) is 5.84 Å². The first-order chi connectivity index (χ1) is 11.3. The van der Waals surface area contributed by atoms with Crippen molar-refractivity contribution in [2.45, 2.75) is 51.1 Å². The van der Waals surface area contributed by atoms with Gasteiger partial charge in [0.05, 0.1) is 5.54 Å². The number of piperidine rings is 1. The van der Waals surface area contributed by atoms with E-state index in [2.05, 4.69) is 37.7 Å². The van der Waals surface area contributed by atoms with Crippen LogP contribution in [0.1, 0.15) is 40.0 Å². The molecule has 0 bridgehead atoms. The minimum atomic E-state index is -0.819. The molecule has 0 aromatic carbocycles. The average Bonchev–Trinajstić information content (AvgIpc) is 2.85. The first-order valence-electron chi connectivity index (χ1n) is 8.52. The fourth-order valence-corrected chi connectivity index (χ4v) is 4.76. The van der Waals surface area contributed by atoms with Crippen molar-refractivity contribution in [1.29, 1.82) is 0 Å². The van der Waals surface area contributed by atoms with E-state index in [4.69, 9.17) is 21.8 Å². The second-order valence-electron chi connectivity index (χ2n) is 7.37. The van der Waals surface area contributed by atoms with Crippen molar-refractivity contribution in [1.82, 2.24) is 14.8 Å². The number of amides is 1. The van der Waals surface area contributed by atoms with Crippen LogP contribution < -0.4 is 0 Å². The van der Waals surface area contributed by atoms with Crippen molar-refractivity contribution in [2.24, 2.45) is 11.0 Å². The fraction of sp³-hybridized carbons (Fsp3) is 0.875. The quantitative estimate of drug-likeness (QED) is 0.588. The second kappa shape index (κ2) is 8.04. The molecule has 0 spiro atoms. The van der Waals surface area contributed by atoms with Gasteiger partial charge in [0.25, 0.3) is 0 Å². The maximum absolute atomic E-state index is 11.1. The Balaban J connectivity index is 2.08. The van der Waals surface area contributed by atoms with E-state index >= 15 is 0 Å². The molecule has 2 heterocycles. The van der Waals surface area contributed by atoms with Gasteiger partial charge < -0.3 is 14.9 Å². The molecule has 2 rings (SSSR count). The van der Waals surface area contributed by atoms with Crippen molar-refractivity contribution in [3.8, 4) is 0 Å². The van der Waals surface area contributed by atoms with Crippen LogP contribution in [-0.4, -0.2) is 74.7 Å². The SMILES string of the molecule is CN1C(C2CCN(C(=O)O)CC2)=NN(C(C)(C)C)C1SCCCCl. The summed E-state index contributed by atoms with van der Waals surface area (Å²) in [4.78, 5) is 14.9. The second-order valence-corrected chi connectivity index (χ2v) is 8.91. The van der Waals surface area contributed by atoms with E-state index in [-0.39, 0.29) is 11.0 Å². The zero-order valence-electron chi connectivity index (χ0n) is 15.0. The number of likely N-dealkylation sites (tertiary alicyclic amines) is 1. The lowest BCUT2D eigenvalue weighted by molar-refractivity contribution is 0.105. The number of hydrogen-bond acceptors (Lipinski definition) is 5. The molecule has 1 fully saturated rings. The largest absolute Gasteiger partial charge is 0.465 e. The monoisotopic (exact) mass is 376 g/mol. The molecular formula is C16H29ClN4O2S. The van der Waals surface area contributed by atoms with Crippen LogP contribution in [0.25, 0.3) is 0 Å². The normalized spacial score (nSPS) is 23.0. The Morgan fingerprint density at radius 2 is 2.00 bits per heavy atom. The topological polar surface area (TPSA) is 59.4 Å². The van der Waals surface area contributed by atoms with E-state index in [0.29, 0.717) is 24.9 Å². The summed E-state index contributed by atoms with van der Waals surface area (Å²) in [6.07, 6.45) is 1.85. The Hall–Kier alpha value is -0.820. The maximum Gasteiger partial charge on any atom is 0.407 e. The van der Waals surface area contributed by atoms with Crippen molar-refractivity contribution in [3.05, 3.63) is 0 Å². The van der Waals surface area contributed by atoms with E-state index in [9.17, 15) is 4.79 Å². The van der Waals surface area contributed by atoms with Crippen LogP contribution in [-0.2, 0) is 0 Å². The van der Waals surface area contributed by atoms with Crippen LogP contribution in [0.15, 0.2) is 5.10 Å². The van der Waals surface area contributed by atoms with Gasteiger partial charge in [-0.2, -0.15) is 5.10 Å². The number of carbonyl (C=O) groups is 1. The van der Waals surface area contributed by atoms with E-state index in [1.54, 1.807) is 0 Å². The third-order valence-electron chi connectivity index (χ3n) is 4.47. The number of thioether (sulfide) groups is 1. The Kier molecular flexibility index (Phi) is 6.53. The summed E-state index contributed by atoms with van der Waals surface area (Å²) >= 11 is 7.69. The summed E-state index contributed by atoms with van der Waals surface area (Å²) in [6, 6.07) is 0. The van der Waals surface area contributed by atoms with Crippen LogP contribution in [0.3, 0.4) is 0 Å². The molecule has 6 nitrogen and oxygen atoms in total. The van der Waals surface area contributed by atoms with Crippen LogP contribution in [0.2, 0.25) is 0 Å². The third-order valence-corrected chi connectivity index (χ3v) is 6.08. The molecule has 1 N–H and O–H groups in total. The number of nitrogens with zero attached hydrogens (tertiary/aromatic N) is 4. The summed E-state index contributed by atoms with van der Waals surface area (Å²) in [5.74, 6) is 3.11. The van der Waals surface area contributed by atoms with Crippen LogP contribution >= 0.6 is 23.4 Å². The summed E-state index contributed by atoms with van der Waals surface area (Å²) in [5, 5.41) is 16.3. The highest BCUT2D eigenvalue weighted by molar-refractivity contribution is 7.99. The first-order valence-corrected chi connectivity index (χ1v) is 10.1. The summed E-state index contributed by atoms with van der Waals surface area (Å²) in [7, 11) is 2.10. The molecule has 138 valence electrons. The molecule has 0 aliphatic carbocycles. The van der Waals surface area contributed by atoms with Gasteiger partial charge in [-0.15, -0.1) is 23.4 Å². The van der Waals surface area contributed by atoms with Gasteiger partial charge in [-0.1, -0.05) is 0 Å². The molecule has 1 saturated heterocycles. The summed E-state index contributed by atoms with van der Waals surface area (Å²) in [5.41, 5.74) is 0.122. The molecule has 0 aromatic heterocycles. The molecule has 2 aliphatic rings. The van der Waals surface area contributed by atoms with E-state index in [0.717, 1.165) is 30.9 Å². The van der Waals surface area contributed by atoms with Gasteiger partial charge in [0.15, 0.2) is 5.50 Å². The molecule has 0 saturated carbocycles. The van der Waals surface area contributed by atoms with Gasteiger partial charge >= 0.3 is 6.09 Å². The van der Waals surface area contributed by atoms with Crippen molar-refractivity contribution >= 4 is 35.3 Å². The van der Waals surface area contributed by atoms with Crippen molar-refractivity contribution < 1.29 is 9.90 Å². The fourth-order valence-electron chi connectivity index (χ4n) is 3.11. The van der Waals surface area contributed by atoms with E-state index in [1.807, 2.05) is 11.8 Å². The van der Waals surface area contributed by atoms with Gasteiger partial charge in [-0.05, 0) is 45.8 Å². The molecule has 0 aromatic rings. The Bertz CT molecular complexity index is 475. The highest BCUT2D eigenvalue weighted by Crippen LogP contribution is 2.35. The lowest BCUT2D eigenvalue weighted by atomic mass is 9.95. The van der Waals surface area contributed by atoms with Gasteiger partial charge in [-0.25, -0.2) is 4.79 Å². The maximum atomic E-state index is 11.1. The minimum Gasteiger partial charge on any atom is -0.465 e. The molecule has 1 amide bonds. The van der Waals surface area contributed by atoms with Crippen molar-refractivity contribution in [3.63, 3.8) is 0 Å². The number of carboxylic acid groups (broad SMARTS) is 1. The summed E-state index contributed by atoms with van der Waals surface area (Å²) in [6.45, 7) is 7.71. The molecular weight excluding hydrogens is 348 g/mol. The molecule has 1 unspecified atom stereocenters. The number of hydrogen-bond donors (Lipinski definition) is 1. The van der Waals surface area contributed by atoms with Crippen LogP contribution in [0.5, 0.6) is 0 Å². The standard InChI is InChI=1S/C16H29ClN4O2S/c1-16(2,3)21-14(24-11-5-8-17)19(4)13(18-21)12-6-9-20(10-7-12)15(22)23/h12,14H,5-11H2,1-4H3,(H,22,23). The predicted molar refractivity (Wildman–Crippen MR) is 101 cm³/mol. The number of alkyl halides is 1. The predicted octanol–water partition coefficient (Wildman–Crippen LogP) is 3.38. The van der Waals surface area contributed by atoms with Gasteiger partial charge in [0, 0.05) is 31.9 Å². The highest BCUT2D eigenvalue weighted by atomic mass is 35.5. The number of halogens is 1. The smallest absolute Gasteiger partial charge is 0.407 e. The molecule has 24 heavy (non-hydrogen) atoms. The summed E-state index contributed by atoms with van der Waals surface area (Å²) < 4.78 is 0. The molecule has 0 radical (unpaired) electrons. The first kappa shape index (κ1) is 19.5. The molecule has 8 heteroatoms. The average molecular weight is 377 g/mol. The zero-order chi connectivity index (χ0) is 17.9. The van der Waals surface area contributed by atoms with Crippen molar-refractivity contribution in [2.75, 3.05) is 31.8 Å². The number of rotatable bonds is 5. The minimum absolute atomic E-state index is 0.0591. The van der Waals surface area contributed by atoms with Gasteiger partial charge in [-0.3, -0.25) is 5.01 Å². The van der Waals surface area contributed by atoms with Gasteiger partial charge in [0.2, 0.25) is 0 Å². The third kappa shape index (κ3) is 4.42. The van der Waals surface area contributed by atoms with E-state index < -0.39 is 6.09 Å². The van der Waals surface area contributed by atoms with Crippen LogP contribution in [0, 0.1) is 5.92 Å². The number of amidine groups is 1. The lowest BCUT2D eigenvalue weighted by Gasteiger charge is -2.37. The van der Waals surface area contributed by atoms with E-state index in [1.165, 1.54) is 4.90 Å². The molecule has 1 atom stereocenters. The molecule has 2 aliphatic heterocycles. The zero-order valence-corrected chi connectivity index (χ0v) is 16.6.